The normalized spacial score (nSPS) is 37.4. The van der Waals surface area contributed by atoms with Crippen molar-refractivity contribution < 1.29 is 9.84 Å². The van der Waals surface area contributed by atoms with E-state index in [1.807, 2.05) is 20.8 Å². The van der Waals surface area contributed by atoms with E-state index in [1.165, 1.54) is 0 Å². The lowest BCUT2D eigenvalue weighted by atomic mass is 9.87. The van der Waals surface area contributed by atoms with Crippen molar-refractivity contribution in [2.24, 2.45) is 5.92 Å². The summed E-state index contributed by atoms with van der Waals surface area (Å²) < 4.78 is 5.11. The smallest absolute Gasteiger partial charge is 0.0878 e. The highest BCUT2D eigenvalue weighted by molar-refractivity contribution is 4.81. The van der Waals surface area contributed by atoms with E-state index in [9.17, 15) is 5.11 Å². The zero-order valence-electron chi connectivity index (χ0n) is 8.05. The van der Waals surface area contributed by atoms with Gasteiger partial charge in [-0.05, 0) is 19.3 Å². The molecular formula is C9H20O2. The molecule has 0 radical (unpaired) electrons. The second-order valence-electron chi connectivity index (χ2n) is 3.10. The van der Waals surface area contributed by atoms with Crippen LogP contribution in [-0.2, 0) is 4.74 Å². The molecule has 0 amide bonds. The van der Waals surface area contributed by atoms with Crippen LogP contribution < -0.4 is 0 Å². The summed E-state index contributed by atoms with van der Waals surface area (Å²) in [4.78, 5) is 0. The second kappa shape index (κ2) is 4.73. The highest BCUT2D eigenvalue weighted by Crippen LogP contribution is 2.24. The molecular weight excluding hydrogens is 140 g/mol. The number of hydrogen-bond donors (Lipinski definition) is 1. The summed E-state index contributed by atoms with van der Waals surface area (Å²) in [5.41, 5.74) is -0.585. The zero-order valence-corrected chi connectivity index (χ0v) is 8.05. The lowest BCUT2D eigenvalue weighted by molar-refractivity contribution is -0.108. The predicted molar refractivity (Wildman–Crippen MR) is 46.6 cm³/mol. The van der Waals surface area contributed by atoms with Gasteiger partial charge >= 0.3 is 0 Å². The zero-order chi connectivity index (χ0) is 8.91. The molecule has 0 aliphatic carbocycles. The van der Waals surface area contributed by atoms with Gasteiger partial charge in [0.2, 0.25) is 0 Å². The maximum Gasteiger partial charge on any atom is 0.0878 e. The average molecular weight is 160 g/mol. The van der Waals surface area contributed by atoms with Gasteiger partial charge in [-0.3, -0.25) is 0 Å². The molecule has 1 fully saturated rings. The lowest BCUT2D eigenvalue weighted by Gasteiger charge is -2.34. The molecule has 2 atom stereocenters. The van der Waals surface area contributed by atoms with Crippen LogP contribution in [0.1, 0.15) is 34.1 Å². The fourth-order valence-corrected chi connectivity index (χ4v) is 0.992. The van der Waals surface area contributed by atoms with Crippen molar-refractivity contribution in [3.63, 3.8) is 0 Å². The van der Waals surface area contributed by atoms with Gasteiger partial charge in [-0.2, -0.15) is 0 Å². The summed E-state index contributed by atoms with van der Waals surface area (Å²) in [6.45, 7) is 9.19. The SMILES string of the molecule is CC.CC1CCOCC1(C)O. The number of rotatable bonds is 0. The fourth-order valence-electron chi connectivity index (χ4n) is 0.992. The van der Waals surface area contributed by atoms with Gasteiger partial charge in [0.05, 0.1) is 12.2 Å². The summed E-state index contributed by atoms with van der Waals surface area (Å²) in [6.07, 6.45) is 0.979. The third-order valence-electron chi connectivity index (χ3n) is 2.15. The molecule has 0 bridgehead atoms. The Morgan fingerprint density at radius 3 is 2.27 bits per heavy atom. The molecule has 0 aromatic heterocycles. The van der Waals surface area contributed by atoms with Gasteiger partial charge in [-0.1, -0.05) is 20.8 Å². The molecule has 0 spiro atoms. The molecule has 68 valence electrons. The van der Waals surface area contributed by atoms with Crippen molar-refractivity contribution in [1.29, 1.82) is 0 Å². The van der Waals surface area contributed by atoms with Gasteiger partial charge in [0, 0.05) is 6.61 Å². The van der Waals surface area contributed by atoms with Gasteiger partial charge in [-0.15, -0.1) is 0 Å². The first-order valence-electron chi connectivity index (χ1n) is 4.43. The maximum atomic E-state index is 9.52. The van der Waals surface area contributed by atoms with E-state index in [0.717, 1.165) is 13.0 Å². The van der Waals surface area contributed by atoms with Crippen molar-refractivity contribution in [3.05, 3.63) is 0 Å². The standard InChI is InChI=1S/C7H14O2.C2H6/c1-6-3-4-9-5-7(6,2)8;1-2/h6,8H,3-5H2,1-2H3;1-2H3. The van der Waals surface area contributed by atoms with Crippen LogP contribution in [0.4, 0.5) is 0 Å². The van der Waals surface area contributed by atoms with Crippen LogP contribution in [0.2, 0.25) is 0 Å². The van der Waals surface area contributed by atoms with Crippen LogP contribution in [-0.4, -0.2) is 23.9 Å². The molecule has 11 heavy (non-hydrogen) atoms. The Morgan fingerprint density at radius 1 is 1.45 bits per heavy atom. The molecule has 0 aromatic carbocycles. The number of aliphatic hydroxyl groups is 1. The minimum Gasteiger partial charge on any atom is -0.387 e. The number of ether oxygens (including phenoxy) is 1. The van der Waals surface area contributed by atoms with Crippen molar-refractivity contribution in [2.45, 2.75) is 39.7 Å². The Balaban J connectivity index is 0.000000461. The molecule has 1 rings (SSSR count). The second-order valence-corrected chi connectivity index (χ2v) is 3.10. The van der Waals surface area contributed by atoms with Crippen molar-refractivity contribution in [2.75, 3.05) is 13.2 Å². The largest absolute Gasteiger partial charge is 0.387 e. The highest BCUT2D eigenvalue weighted by atomic mass is 16.5. The summed E-state index contributed by atoms with van der Waals surface area (Å²) in [5, 5.41) is 9.52. The van der Waals surface area contributed by atoms with E-state index < -0.39 is 5.60 Å². The summed E-state index contributed by atoms with van der Waals surface area (Å²) in [6, 6.07) is 0. The Hall–Kier alpha value is -0.0800. The van der Waals surface area contributed by atoms with Crippen LogP contribution in [0, 0.1) is 5.92 Å². The van der Waals surface area contributed by atoms with Crippen LogP contribution in [0.15, 0.2) is 0 Å². The summed E-state index contributed by atoms with van der Waals surface area (Å²) in [7, 11) is 0. The molecule has 0 aromatic rings. The van der Waals surface area contributed by atoms with Crippen LogP contribution in [0.25, 0.3) is 0 Å². The third-order valence-corrected chi connectivity index (χ3v) is 2.15. The first-order valence-corrected chi connectivity index (χ1v) is 4.43. The average Bonchev–Trinajstić information content (AvgIpc) is 2.00. The molecule has 2 heteroatoms. The first-order chi connectivity index (χ1) is 5.13. The predicted octanol–water partition coefficient (Wildman–Crippen LogP) is 1.82. The Labute approximate surface area is 69.6 Å². The maximum absolute atomic E-state index is 9.52. The van der Waals surface area contributed by atoms with E-state index in [1.54, 1.807) is 0 Å². The van der Waals surface area contributed by atoms with E-state index in [-0.39, 0.29) is 0 Å². The first kappa shape index (κ1) is 10.9. The van der Waals surface area contributed by atoms with E-state index in [0.29, 0.717) is 12.5 Å². The molecule has 0 saturated carbocycles. The van der Waals surface area contributed by atoms with Crippen LogP contribution in [0.3, 0.4) is 0 Å². The van der Waals surface area contributed by atoms with E-state index in [4.69, 9.17) is 4.74 Å². The quantitative estimate of drug-likeness (QED) is 0.585. The molecule has 1 saturated heterocycles. The Bertz CT molecular complexity index is 99.7. The number of hydrogen-bond acceptors (Lipinski definition) is 2. The monoisotopic (exact) mass is 160 g/mol. The molecule has 1 aliphatic rings. The molecule has 1 aliphatic heterocycles. The minimum atomic E-state index is -0.585. The van der Waals surface area contributed by atoms with Crippen LogP contribution >= 0.6 is 0 Å². The highest BCUT2D eigenvalue weighted by Gasteiger charge is 2.31. The Morgan fingerprint density at radius 2 is 2.00 bits per heavy atom. The molecule has 2 nitrogen and oxygen atoms in total. The molecule has 1 heterocycles. The molecule has 1 N–H and O–H groups in total. The summed E-state index contributed by atoms with van der Waals surface area (Å²) >= 11 is 0. The third kappa shape index (κ3) is 3.21. The van der Waals surface area contributed by atoms with E-state index >= 15 is 0 Å². The minimum absolute atomic E-state index is 0.381. The Kier molecular flexibility index (Phi) is 4.69. The van der Waals surface area contributed by atoms with Gasteiger partial charge in [0.15, 0.2) is 0 Å². The molecule has 2 unspecified atom stereocenters. The van der Waals surface area contributed by atoms with Crippen molar-refractivity contribution in [3.8, 4) is 0 Å². The summed E-state index contributed by atoms with van der Waals surface area (Å²) in [5.74, 6) is 0.381. The van der Waals surface area contributed by atoms with Gasteiger partial charge < -0.3 is 9.84 Å². The van der Waals surface area contributed by atoms with Crippen molar-refractivity contribution >= 4 is 0 Å². The van der Waals surface area contributed by atoms with Crippen molar-refractivity contribution in [1.82, 2.24) is 0 Å². The van der Waals surface area contributed by atoms with E-state index in [2.05, 4.69) is 6.92 Å². The van der Waals surface area contributed by atoms with Crippen LogP contribution in [0.5, 0.6) is 0 Å². The van der Waals surface area contributed by atoms with Gasteiger partial charge in [0.25, 0.3) is 0 Å². The topological polar surface area (TPSA) is 29.5 Å². The van der Waals surface area contributed by atoms with Gasteiger partial charge in [-0.25, -0.2) is 0 Å². The fraction of sp³-hybridized carbons (Fsp3) is 1.00. The van der Waals surface area contributed by atoms with Gasteiger partial charge in [0.1, 0.15) is 0 Å². The lowest BCUT2D eigenvalue weighted by Crippen LogP contribution is -2.42.